The van der Waals surface area contributed by atoms with Gasteiger partial charge in [0.05, 0.1) is 0 Å². The second-order valence-corrected chi connectivity index (χ2v) is 9.74. The van der Waals surface area contributed by atoms with Gasteiger partial charge in [0.15, 0.2) is 0 Å². The second kappa shape index (κ2) is 6.79. The van der Waals surface area contributed by atoms with Crippen molar-refractivity contribution < 1.29 is 9.53 Å². The molecular formula is C25H30N2O2. The topological polar surface area (TPSA) is 32.8 Å². The van der Waals surface area contributed by atoms with Gasteiger partial charge in [0.1, 0.15) is 5.60 Å². The summed E-state index contributed by atoms with van der Waals surface area (Å²) in [7, 11) is 0. The standard InChI is InChI=1S/C25H30N2O2/c1-25(2,3)29-24(28)27-15-20-14-26-11-7-10-18-12-19(17-8-5-4-6-9-17)13-21(23(18)26)22(20)16-27/h4-6,8-9,12-13,20,22H,7,10-11,14-16H2,1-3H3. The molecule has 3 aliphatic rings. The summed E-state index contributed by atoms with van der Waals surface area (Å²) in [6.45, 7) is 9.54. The van der Waals surface area contributed by atoms with Crippen LogP contribution in [0.15, 0.2) is 42.5 Å². The van der Waals surface area contributed by atoms with Crippen molar-refractivity contribution in [2.75, 3.05) is 31.1 Å². The summed E-state index contributed by atoms with van der Waals surface area (Å²) in [5, 5.41) is 0. The van der Waals surface area contributed by atoms with E-state index < -0.39 is 5.60 Å². The van der Waals surface area contributed by atoms with Gasteiger partial charge >= 0.3 is 6.09 Å². The van der Waals surface area contributed by atoms with Crippen LogP contribution in [0.3, 0.4) is 0 Å². The average Bonchev–Trinajstić information content (AvgIpc) is 3.12. The normalized spacial score (nSPS) is 22.9. The summed E-state index contributed by atoms with van der Waals surface area (Å²) < 4.78 is 5.67. The summed E-state index contributed by atoms with van der Waals surface area (Å²) in [6, 6.07) is 15.4. The van der Waals surface area contributed by atoms with Crippen molar-refractivity contribution in [3.8, 4) is 11.1 Å². The first-order chi connectivity index (χ1) is 13.9. The maximum Gasteiger partial charge on any atom is 0.410 e. The van der Waals surface area contributed by atoms with E-state index in [1.54, 1.807) is 0 Å². The Balaban J connectivity index is 1.52. The van der Waals surface area contributed by atoms with Crippen LogP contribution < -0.4 is 4.90 Å². The molecule has 0 N–H and O–H groups in total. The molecular weight excluding hydrogens is 360 g/mol. The van der Waals surface area contributed by atoms with Gasteiger partial charge in [0.2, 0.25) is 0 Å². The number of carbonyl (C=O) groups is 1. The number of anilines is 1. The lowest BCUT2D eigenvalue weighted by molar-refractivity contribution is 0.0287. The Kier molecular flexibility index (Phi) is 4.34. The fourth-order valence-electron chi connectivity index (χ4n) is 5.30. The minimum Gasteiger partial charge on any atom is -0.444 e. The van der Waals surface area contributed by atoms with E-state index in [0.29, 0.717) is 11.8 Å². The van der Waals surface area contributed by atoms with Gasteiger partial charge in [-0.1, -0.05) is 30.3 Å². The zero-order chi connectivity index (χ0) is 20.2. The van der Waals surface area contributed by atoms with E-state index >= 15 is 0 Å². The molecule has 4 heteroatoms. The van der Waals surface area contributed by atoms with Crippen LogP contribution in [0.2, 0.25) is 0 Å². The molecule has 2 aromatic carbocycles. The van der Waals surface area contributed by atoms with Crippen molar-refractivity contribution in [2.24, 2.45) is 5.92 Å². The summed E-state index contributed by atoms with van der Waals surface area (Å²) >= 11 is 0. The van der Waals surface area contributed by atoms with E-state index in [9.17, 15) is 4.79 Å². The Morgan fingerprint density at radius 3 is 2.59 bits per heavy atom. The molecule has 1 amide bonds. The number of benzene rings is 2. The van der Waals surface area contributed by atoms with Gasteiger partial charge in [-0.3, -0.25) is 0 Å². The largest absolute Gasteiger partial charge is 0.444 e. The first-order valence-corrected chi connectivity index (χ1v) is 10.8. The van der Waals surface area contributed by atoms with Crippen molar-refractivity contribution in [1.29, 1.82) is 0 Å². The van der Waals surface area contributed by atoms with Crippen LogP contribution in [0.1, 0.15) is 44.2 Å². The summed E-state index contributed by atoms with van der Waals surface area (Å²) in [6.07, 6.45) is 2.18. The minimum absolute atomic E-state index is 0.172. The maximum atomic E-state index is 12.7. The van der Waals surface area contributed by atoms with E-state index in [0.717, 1.165) is 32.6 Å². The molecule has 1 fully saturated rings. The van der Waals surface area contributed by atoms with Gasteiger partial charge in [-0.15, -0.1) is 0 Å². The number of amides is 1. The van der Waals surface area contributed by atoms with Gasteiger partial charge in [0, 0.05) is 43.7 Å². The number of carbonyl (C=O) groups excluding carboxylic acids is 1. The molecule has 2 unspecified atom stereocenters. The third-order valence-electron chi connectivity index (χ3n) is 6.46. The third-order valence-corrected chi connectivity index (χ3v) is 6.46. The van der Waals surface area contributed by atoms with Crippen LogP contribution in [-0.2, 0) is 11.2 Å². The third kappa shape index (κ3) is 3.39. The average molecular weight is 391 g/mol. The van der Waals surface area contributed by atoms with E-state index in [1.807, 2.05) is 25.7 Å². The molecule has 0 aliphatic carbocycles. The molecule has 0 bridgehead atoms. The Hall–Kier alpha value is -2.49. The zero-order valence-corrected chi connectivity index (χ0v) is 17.6. The molecule has 2 atom stereocenters. The van der Waals surface area contributed by atoms with Gasteiger partial charge in [-0.2, -0.15) is 0 Å². The Morgan fingerprint density at radius 1 is 1.03 bits per heavy atom. The highest BCUT2D eigenvalue weighted by Gasteiger charge is 2.44. The minimum atomic E-state index is -0.453. The highest BCUT2D eigenvalue weighted by Crippen LogP contribution is 2.48. The highest BCUT2D eigenvalue weighted by atomic mass is 16.6. The molecule has 5 rings (SSSR count). The highest BCUT2D eigenvalue weighted by molar-refractivity contribution is 5.75. The van der Waals surface area contributed by atoms with Gasteiger partial charge in [0.25, 0.3) is 0 Å². The first-order valence-electron chi connectivity index (χ1n) is 10.8. The lowest BCUT2D eigenvalue weighted by Crippen LogP contribution is -2.41. The fourth-order valence-corrected chi connectivity index (χ4v) is 5.30. The molecule has 4 nitrogen and oxygen atoms in total. The number of nitrogens with zero attached hydrogens (tertiary/aromatic N) is 2. The van der Waals surface area contributed by atoms with Crippen LogP contribution in [0.4, 0.5) is 10.5 Å². The van der Waals surface area contributed by atoms with Crippen LogP contribution in [-0.4, -0.2) is 42.8 Å². The molecule has 29 heavy (non-hydrogen) atoms. The van der Waals surface area contributed by atoms with E-state index in [1.165, 1.54) is 34.4 Å². The van der Waals surface area contributed by atoms with E-state index in [4.69, 9.17) is 4.74 Å². The van der Waals surface area contributed by atoms with Crippen molar-refractivity contribution in [3.05, 3.63) is 53.6 Å². The quantitative estimate of drug-likeness (QED) is 0.681. The molecule has 0 spiro atoms. The van der Waals surface area contributed by atoms with Crippen LogP contribution >= 0.6 is 0 Å². The molecule has 2 aromatic rings. The Labute approximate surface area is 173 Å². The second-order valence-electron chi connectivity index (χ2n) is 9.74. The monoisotopic (exact) mass is 390 g/mol. The first kappa shape index (κ1) is 18.5. The number of fused-ring (bicyclic) bond motifs is 2. The van der Waals surface area contributed by atoms with Crippen LogP contribution in [0.25, 0.3) is 11.1 Å². The van der Waals surface area contributed by atoms with Crippen LogP contribution in [0, 0.1) is 5.92 Å². The van der Waals surface area contributed by atoms with Gasteiger partial charge in [-0.25, -0.2) is 4.79 Å². The fraction of sp³-hybridized carbons (Fsp3) is 0.480. The summed E-state index contributed by atoms with van der Waals surface area (Å²) in [5.74, 6) is 0.876. The van der Waals surface area contributed by atoms with Crippen molar-refractivity contribution in [2.45, 2.75) is 45.1 Å². The molecule has 0 radical (unpaired) electrons. The predicted molar refractivity (Wildman–Crippen MR) is 116 cm³/mol. The van der Waals surface area contributed by atoms with Gasteiger partial charge < -0.3 is 14.5 Å². The summed E-state index contributed by atoms with van der Waals surface area (Å²) in [4.78, 5) is 17.2. The van der Waals surface area contributed by atoms with Gasteiger partial charge in [-0.05, 0) is 68.0 Å². The maximum absolute atomic E-state index is 12.7. The molecule has 0 aromatic heterocycles. The number of hydrogen-bond donors (Lipinski definition) is 0. The number of hydrogen-bond acceptors (Lipinski definition) is 3. The molecule has 152 valence electrons. The number of ether oxygens (including phenoxy) is 1. The van der Waals surface area contributed by atoms with E-state index in [2.05, 4.69) is 47.4 Å². The Bertz CT molecular complexity index is 932. The number of aryl methyl sites for hydroxylation is 1. The Morgan fingerprint density at radius 2 is 1.83 bits per heavy atom. The number of rotatable bonds is 1. The van der Waals surface area contributed by atoms with Crippen molar-refractivity contribution in [1.82, 2.24) is 4.90 Å². The van der Waals surface area contributed by atoms with Crippen LogP contribution in [0.5, 0.6) is 0 Å². The lowest BCUT2D eigenvalue weighted by Gasteiger charge is -2.42. The van der Waals surface area contributed by atoms with E-state index in [-0.39, 0.29) is 6.09 Å². The summed E-state index contributed by atoms with van der Waals surface area (Å²) in [5.41, 5.74) is 6.48. The zero-order valence-electron chi connectivity index (χ0n) is 17.6. The molecule has 1 saturated heterocycles. The SMILES string of the molecule is CC(C)(C)OC(=O)N1CC2CN3CCCc4cc(-c5ccccc5)cc(c43)C2C1. The molecule has 0 saturated carbocycles. The smallest absolute Gasteiger partial charge is 0.410 e. The lowest BCUT2D eigenvalue weighted by atomic mass is 9.79. The number of likely N-dealkylation sites (tertiary alicyclic amines) is 1. The van der Waals surface area contributed by atoms with Crippen molar-refractivity contribution >= 4 is 11.8 Å². The molecule has 3 heterocycles. The predicted octanol–water partition coefficient (Wildman–Crippen LogP) is 5.07. The van der Waals surface area contributed by atoms with Crippen molar-refractivity contribution in [3.63, 3.8) is 0 Å². The molecule has 3 aliphatic heterocycles.